The number of hydrogen-bond donors (Lipinski definition) is 2. The molecule has 6 nitrogen and oxygen atoms in total. The molecule has 2 unspecified atom stereocenters. The molecule has 0 rings (SSSR count). The summed E-state index contributed by atoms with van der Waals surface area (Å²) in [5.74, 6) is -0.948. The molecule has 0 saturated heterocycles. The topological polar surface area (TPSA) is 90.7 Å². The Hall–Kier alpha value is -1.14. The normalized spacial score (nSPS) is 14.4. The maximum Gasteiger partial charge on any atom is 0.328 e. The van der Waals surface area contributed by atoms with E-state index in [2.05, 4.69) is 10.1 Å². The van der Waals surface area contributed by atoms with Crippen molar-refractivity contribution >= 4 is 11.9 Å². The van der Waals surface area contributed by atoms with Gasteiger partial charge in [0.2, 0.25) is 0 Å². The number of carbonyl (C=O) groups excluding carboxylic acids is 2. The van der Waals surface area contributed by atoms with Gasteiger partial charge in [-0.2, -0.15) is 0 Å². The van der Waals surface area contributed by atoms with Gasteiger partial charge >= 0.3 is 5.97 Å². The highest BCUT2D eigenvalue weighted by molar-refractivity contribution is 5.87. The van der Waals surface area contributed by atoms with Crippen LogP contribution in [0.15, 0.2) is 0 Å². The Morgan fingerprint density at radius 1 is 1.31 bits per heavy atom. The van der Waals surface area contributed by atoms with Gasteiger partial charge in [-0.3, -0.25) is 4.79 Å². The van der Waals surface area contributed by atoms with Gasteiger partial charge < -0.3 is 20.5 Å². The number of ether oxygens (including phenoxy) is 2. The second-order valence-corrected chi connectivity index (χ2v) is 3.71. The van der Waals surface area contributed by atoms with Crippen LogP contribution in [0.5, 0.6) is 0 Å². The molecule has 3 N–H and O–H groups in total. The molecule has 0 aliphatic rings. The SMILES string of the molecule is COC(=O)C(NC(=O)C(CN)OC)C(C)C. The molecule has 94 valence electrons. The highest BCUT2D eigenvalue weighted by Crippen LogP contribution is 2.04. The van der Waals surface area contributed by atoms with E-state index in [1.165, 1.54) is 14.2 Å². The first kappa shape index (κ1) is 14.9. The zero-order chi connectivity index (χ0) is 12.7. The Balaban J connectivity index is 4.51. The van der Waals surface area contributed by atoms with Crippen LogP contribution in [-0.4, -0.2) is 44.8 Å². The third-order valence-corrected chi connectivity index (χ3v) is 2.21. The molecule has 0 spiro atoms. The summed E-state index contributed by atoms with van der Waals surface area (Å²) >= 11 is 0. The average Bonchev–Trinajstić information content (AvgIpc) is 2.26. The fraction of sp³-hybridized carbons (Fsp3) is 0.800. The third kappa shape index (κ3) is 4.16. The van der Waals surface area contributed by atoms with Crippen molar-refractivity contribution in [2.45, 2.75) is 26.0 Å². The van der Waals surface area contributed by atoms with E-state index in [0.29, 0.717) is 0 Å². The lowest BCUT2D eigenvalue weighted by molar-refractivity contribution is -0.147. The summed E-state index contributed by atoms with van der Waals surface area (Å²) < 4.78 is 9.46. The molecule has 0 heterocycles. The zero-order valence-corrected chi connectivity index (χ0v) is 10.1. The predicted molar refractivity (Wildman–Crippen MR) is 58.6 cm³/mol. The van der Waals surface area contributed by atoms with Crippen LogP contribution in [0.1, 0.15) is 13.8 Å². The fourth-order valence-corrected chi connectivity index (χ4v) is 1.18. The maximum atomic E-state index is 11.6. The Labute approximate surface area is 95.5 Å². The Kier molecular flexibility index (Phi) is 6.67. The quantitative estimate of drug-likeness (QED) is 0.589. The van der Waals surface area contributed by atoms with Crippen molar-refractivity contribution in [2.24, 2.45) is 11.7 Å². The van der Waals surface area contributed by atoms with Crippen molar-refractivity contribution in [1.29, 1.82) is 0 Å². The lowest BCUT2D eigenvalue weighted by Crippen LogP contribution is -2.50. The van der Waals surface area contributed by atoms with Gasteiger partial charge in [-0.25, -0.2) is 4.79 Å². The minimum atomic E-state index is -0.745. The van der Waals surface area contributed by atoms with E-state index >= 15 is 0 Å². The smallest absolute Gasteiger partial charge is 0.328 e. The first-order valence-corrected chi connectivity index (χ1v) is 5.09. The van der Waals surface area contributed by atoms with Crippen LogP contribution in [0.4, 0.5) is 0 Å². The van der Waals surface area contributed by atoms with E-state index in [-0.39, 0.29) is 12.5 Å². The molecule has 0 aromatic rings. The second kappa shape index (κ2) is 7.19. The van der Waals surface area contributed by atoms with E-state index in [4.69, 9.17) is 10.5 Å². The van der Waals surface area contributed by atoms with Crippen LogP contribution in [0.3, 0.4) is 0 Å². The van der Waals surface area contributed by atoms with Crippen molar-refractivity contribution in [1.82, 2.24) is 5.32 Å². The summed E-state index contributed by atoms with van der Waals surface area (Å²) in [6.45, 7) is 3.69. The van der Waals surface area contributed by atoms with Crippen molar-refractivity contribution in [3.05, 3.63) is 0 Å². The molecular weight excluding hydrogens is 212 g/mol. The Morgan fingerprint density at radius 3 is 2.19 bits per heavy atom. The molecule has 0 aliphatic carbocycles. The average molecular weight is 232 g/mol. The third-order valence-electron chi connectivity index (χ3n) is 2.21. The van der Waals surface area contributed by atoms with Crippen molar-refractivity contribution in [3.8, 4) is 0 Å². The first-order chi connectivity index (χ1) is 7.47. The van der Waals surface area contributed by atoms with Crippen LogP contribution < -0.4 is 11.1 Å². The summed E-state index contributed by atoms with van der Waals surface area (Å²) in [6, 6.07) is -0.679. The molecule has 0 bridgehead atoms. The lowest BCUT2D eigenvalue weighted by Gasteiger charge is -2.22. The standard InChI is InChI=1S/C10H20N2O4/c1-6(2)8(10(14)16-4)12-9(13)7(5-11)15-3/h6-8H,5,11H2,1-4H3,(H,12,13). The monoisotopic (exact) mass is 232 g/mol. The molecule has 16 heavy (non-hydrogen) atoms. The number of amides is 1. The number of carbonyl (C=O) groups is 2. The van der Waals surface area contributed by atoms with E-state index in [1.54, 1.807) is 0 Å². The number of esters is 1. The molecule has 1 amide bonds. The van der Waals surface area contributed by atoms with E-state index in [9.17, 15) is 9.59 Å². The highest BCUT2D eigenvalue weighted by Gasteiger charge is 2.27. The Bertz CT molecular complexity index is 239. The van der Waals surface area contributed by atoms with E-state index in [1.807, 2.05) is 13.8 Å². The van der Waals surface area contributed by atoms with Gasteiger partial charge in [-0.15, -0.1) is 0 Å². The number of methoxy groups -OCH3 is 2. The molecule has 6 heteroatoms. The van der Waals surface area contributed by atoms with Gasteiger partial charge in [0.25, 0.3) is 5.91 Å². The number of nitrogens with two attached hydrogens (primary N) is 1. The molecule has 0 radical (unpaired) electrons. The molecular formula is C10H20N2O4. The van der Waals surface area contributed by atoms with Crippen LogP contribution >= 0.6 is 0 Å². The molecule has 0 aliphatic heterocycles. The zero-order valence-electron chi connectivity index (χ0n) is 10.1. The van der Waals surface area contributed by atoms with Crippen molar-refractivity contribution in [3.63, 3.8) is 0 Å². The maximum absolute atomic E-state index is 11.6. The second-order valence-electron chi connectivity index (χ2n) is 3.71. The van der Waals surface area contributed by atoms with Crippen LogP contribution in [0.2, 0.25) is 0 Å². The number of rotatable bonds is 6. The highest BCUT2D eigenvalue weighted by atomic mass is 16.5. The van der Waals surface area contributed by atoms with Crippen molar-refractivity contribution in [2.75, 3.05) is 20.8 Å². The fourth-order valence-electron chi connectivity index (χ4n) is 1.18. The van der Waals surface area contributed by atoms with E-state index in [0.717, 1.165) is 0 Å². The Morgan fingerprint density at radius 2 is 1.88 bits per heavy atom. The summed E-state index contributed by atoms with van der Waals surface area (Å²) in [6.07, 6.45) is -0.745. The summed E-state index contributed by atoms with van der Waals surface area (Å²) in [7, 11) is 2.67. The molecule has 0 aromatic carbocycles. The summed E-state index contributed by atoms with van der Waals surface area (Å²) in [4.78, 5) is 23.0. The van der Waals surface area contributed by atoms with Crippen LogP contribution in [-0.2, 0) is 19.1 Å². The van der Waals surface area contributed by atoms with Gasteiger partial charge in [-0.1, -0.05) is 13.8 Å². The van der Waals surface area contributed by atoms with Gasteiger partial charge in [0.15, 0.2) is 0 Å². The minimum absolute atomic E-state index is 0.0633. The van der Waals surface area contributed by atoms with Gasteiger partial charge in [0.05, 0.1) is 7.11 Å². The van der Waals surface area contributed by atoms with Crippen molar-refractivity contribution < 1.29 is 19.1 Å². The van der Waals surface area contributed by atoms with E-state index < -0.39 is 24.0 Å². The molecule has 0 fully saturated rings. The predicted octanol–water partition coefficient (Wildman–Crippen LogP) is -0.726. The van der Waals surface area contributed by atoms with Gasteiger partial charge in [0.1, 0.15) is 12.1 Å². The van der Waals surface area contributed by atoms with Gasteiger partial charge in [-0.05, 0) is 5.92 Å². The number of nitrogens with one attached hydrogen (secondary N) is 1. The number of hydrogen-bond acceptors (Lipinski definition) is 5. The molecule has 2 atom stereocenters. The summed E-state index contributed by atoms with van der Waals surface area (Å²) in [5, 5.41) is 2.55. The molecule has 0 saturated carbocycles. The first-order valence-electron chi connectivity index (χ1n) is 5.09. The summed E-state index contributed by atoms with van der Waals surface area (Å²) in [5.41, 5.74) is 5.34. The van der Waals surface area contributed by atoms with Crippen LogP contribution in [0, 0.1) is 5.92 Å². The molecule has 0 aromatic heterocycles. The van der Waals surface area contributed by atoms with Crippen LogP contribution in [0.25, 0.3) is 0 Å². The largest absolute Gasteiger partial charge is 0.467 e. The minimum Gasteiger partial charge on any atom is -0.467 e. The lowest BCUT2D eigenvalue weighted by atomic mass is 10.0. The van der Waals surface area contributed by atoms with Gasteiger partial charge in [0, 0.05) is 13.7 Å².